The van der Waals surface area contributed by atoms with Crippen LogP contribution in [-0.4, -0.2) is 72.7 Å². The van der Waals surface area contributed by atoms with E-state index in [0.717, 1.165) is 24.3 Å². The molecule has 2 saturated carbocycles. The molecule has 1 spiro atoms. The van der Waals surface area contributed by atoms with Crippen LogP contribution in [0.1, 0.15) is 46.5 Å². The minimum absolute atomic E-state index is 0.0312. The van der Waals surface area contributed by atoms with Crippen LogP contribution in [0.4, 0.5) is 0 Å². The first-order valence-electron chi connectivity index (χ1n) is 10.5. The Bertz CT molecular complexity index is 933. The Kier molecular flexibility index (Phi) is 3.97. The van der Waals surface area contributed by atoms with E-state index < -0.39 is 56.8 Å². The summed E-state index contributed by atoms with van der Waals surface area (Å²) in [5.41, 5.74) is -2.63. The van der Waals surface area contributed by atoms with Gasteiger partial charge in [0.25, 0.3) is 0 Å². The molecule has 7 atom stereocenters. The number of amides is 1. The number of hydrogen-bond acceptors (Lipinski definition) is 8. The summed E-state index contributed by atoms with van der Waals surface area (Å²) >= 11 is 0. The smallest absolute Gasteiger partial charge is 0.341 e. The molecule has 2 aliphatic carbocycles. The molecule has 5 fully saturated rings. The number of nitrogens with zero attached hydrogens (tertiary/aromatic N) is 1. The molecule has 1 amide bonds. The van der Waals surface area contributed by atoms with E-state index in [1.807, 2.05) is 0 Å². The summed E-state index contributed by atoms with van der Waals surface area (Å²) in [6.07, 6.45) is 0.893. The second kappa shape index (κ2) is 5.76. The molecule has 10 heteroatoms. The number of aliphatic hydroxyl groups excluding tert-OH is 1. The van der Waals surface area contributed by atoms with E-state index >= 15 is 0 Å². The van der Waals surface area contributed by atoms with Gasteiger partial charge in [0.2, 0.25) is 21.5 Å². The summed E-state index contributed by atoms with van der Waals surface area (Å²) in [5.74, 6) is -3.77. The Hall–Kier alpha value is -1.23. The van der Waals surface area contributed by atoms with Crippen molar-refractivity contribution in [3.8, 4) is 0 Å². The van der Waals surface area contributed by atoms with Crippen LogP contribution in [0.15, 0.2) is 0 Å². The standard InChI is InChI=1S/C20H29NO8S/c1-17(2)11-5-6-19(17)10-30(25,26)21(13(19)7-11)15(23)12-8-18(3)28-9-14(22)20(12,29-18)16(24)27-4/h11-14,22H,5-10H2,1-4H3/t11-,12-,13-,14+,18+,19-,20-/m1/s1. The average molecular weight is 444 g/mol. The van der Waals surface area contributed by atoms with Crippen LogP contribution in [0.3, 0.4) is 0 Å². The molecule has 5 aliphatic rings. The molecule has 0 radical (unpaired) electrons. The zero-order valence-electron chi connectivity index (χ0n) is 17.7. The number of rotatable bonds is 2. The molecule has 5 rings (SSSR count). The monoisotopic (exact) mass is 443 g/mol. The van der Waals surface area contributed by atoms with E-state index in [4.69, 9.17) is 14.2 Å². The lowest BCUT2D eigenvalue weighted by Gasteiger charge is -2.41. The van der Waals surface area contributed by atoms with Gasteiger partial charge in [-0.3, -0.25) is 4.79 Å². The van der Waals surface area contributed by atoms with Crippen LogP contribution in [0.5, 0.6) is 0 Å². The molecule has 1 N–H and O–H groups in total. The van der Waals surface area contributed by atoms with Crippen molar-refractivity contribution in [2.24, 2.45) is 22.7 Å². The predicted molar refractivity (Wildman–Crippen MR) is 102 cm³/mol. The van der Waals surface area contributed by atoms with Crippen molar-refractivity contribution < 1.29 is 37.3 Å². The first-order chi connectivity index (χ1) is 13.8. The quantitative estimate of drug-likeness (QED) is 0.610. The minimum Gasteiger partial charge on any atom is -0.467 e. The number of methoxy groups -OCH3 is 1. The highest BCUT2D eigenvalue weighted by Crippen LogP contribution is 2.70. The van der Waals surface area contributed by atoms with Gasteiger partial charge >= 0.3 is 5.97 Å². The first-order valence-corrected chi connectivity index (χ1v) is 12.1. The number of aliphatic hydroxyl groups is 1. The fourth-order valence-electron chi connectivity index (χ4n) is 7.24. The SMILES string of the molecule is COC(=O)[C@@]12O[C@@](C)(C[C@@H]1C(=O)N1[C@@H]3C[C@H]4CC[C@]3(CS1(=O)=O)C4(C)C)OC[C@@H]2O. The van der Waals surface area contributed by atoms with Crippen molar-refractivity contribution in [3.05, 3.63) is 0 Å². The minimum atomic E-state index is -3.87. The van der Waals surface area contributed by atoms with Gasteiger partial charge in [-0.1, -0.05) is 13.8 Å². The third-order valence-corrected chi connectivity index (χ3v) is 10.9. The van der Waals surface area contributed by atoms with Crippen LogP contribution in [-0.2, 0) is 33.8 Å². The van der Waals surface area contributed by atoms with Crippen molar-refractivity contribution in [2.75, 3.05) is 19.5 Å². The molecule has 0 aromatic heterocycles. The van der Waals surface area contributed by atoms with Crippen molar-refractivity contribution in [1.29, 1.82) is 0 Å². The predicted octanol–water partition coefficient (Wildman–Crippen LogP) is 0.409. The molecule has 168 valence electrons. The van der Waals surface area contributed by atoms with Crippen molar-refractivity contribution in [1.82, 2.24) is 4.31 Å². The number of carbonyl (C=O) groups excluding carboxylic acids is 2. The highest BCUT2D eigenvalue weighted by molar-refractivity contribution is 7.90. The number of sulfonamides is 1. The number of ether oxygens (including phenoxy) is 3. The second-order valence-electron chi connectivity index (χ2n) is 10.4. The van der Waals surface area contributed by atoms with Gasteiger partial charge in [0, 0.05) is 11.8 Å². The van der Waals surface area contributed by atoms with E-state index in [1.165, 1.54) is 0 Å². The Labute approximate surface area is 176 Å². The lowest BCUT2D eigenvalue weighted by atomic mass is 9.69. The summed E-state index contributed by atoms with van der Waals surface area (Å²) < 4.78 is 43.9. The zero-order valence-corrected chi connectivity index (χ0v) is 18.5. The normalized spacial score (nSPS) is 49.8. The Morgan fingerprint density at radius 3 is 2.57 bits per heavy atom. The number of carbonyl (C=O) groups is 2. The number of fused-ring (bicyclic) bond motifs is 3. The molecule has 9 nitrogen and oxygen atoms in total. The van der Waals surface area contributed by atoms with Gasteiger partial charge in [0.05, 0.1) is 31.4 Å². The van der Waals surface area contributed by atoms with Gasteiger partial charge in [-0.05, 0) is 37.5 Å². The molecule has 4 bridgehead atoms. The molecule has 3 aliphatic heterocycles. The molecular weight excluding hydrogens is 414 g/mol. The Morgan fingerprint density at radius 1 is 1.23 bits per heavy atom. The van der Waals surface area contributed by atoms with Crippen molar-refractivity contribution in [3.63, 3.8) is 0 Å². The highest BCUT2D eigenvalue weighted by Gasteiger charge is 2.75. The molecular formula is C20H29NO8S. The van der Waals surface area contributed by atoms with Gasteiger partial charge < -0.3 is 19.3 Å². The van der Waals surface area contributed by atoms with E-state index in [9.17, 15) is 23.1 Å². The maximum Gasteiger partial charge on any atom is 0.341 e. The lowest BCUT2D eigenvalue weighted by molar-refractivity contribution is -0.311. The van der Waals surface area contributed by atoms with Gasteiger partial charge in [0.1, 0.15) is 6.10 Å². The fourth-order valence-corrected chi connectivity index (χ4v) is 9.82. The molecule has 3 saturated heterocycles. The maximum absolute atomic E-state index is 13.8. The number of hydrogen-bond donors (Lipinski definition) is 1. The second-order valence-corrected chi connectivity index (χ2v) is 12.2. The largest absolute Gasteiger partial charge is 0.467 e. The molecule has 30 heavy (non-hydrogen) atoms. The van der Waals surface area contributed by atoms with Crippen molar-refractivity contribution >= 4 is 21.9 Å². The van der Waals surface area contributed by atoms with Crippen molar-refractivity contribution in [2.45, 2.75) is 70.0 Å². The number of esters is 1. The summed E-state index contributed by atoms with van der Waals surface area (Å²) in [6.45, 7) is 5.60. The van der Waals surface area contributed by atoms with Crippen LogP contribution < -0.4 is 0 Å². The average Bonchev–Trinajstić information content (AvgIpc) is 3.25. The zero-order chi connectivity index (χ0) is 21.9. The molecule has 0 aromatic rings. The van der Waals surface area contributed by atoms with Crippen LogP contribution in [0.25, 0.3) is 0 Å². The topological polar surface area (TPSA) is 119 Å². The highest BCUT2D eigenvalue weighted by atomic mass is 32.2. The van der Waals surface area contributed by atoms with Crippen LogP contribution in [0.2, 0.25) is 0 Å². The maximum atomic E-state index is 13.8. The van der Waals surface area contributed by atoms with Crippen LogP contribution >= 0.6 is 0 Å². The third kappa shape index (κ3) is 2.16. The lowest BCUT2D eigenvalue weighted by Crippen LogP contribution is -2.63. The van der Waals surface area contributed by atoms with Gasteiger partial charge in [0.15, 0.2) is 5.79 Å². The Balaban J connectivity index is 1.58. The van der Waals surface area contributed by atoms with E-state index in [2.05, 4.69) is 13.8 Å². The van der Waals surface area contributed by atoms with Gasteiger partial charge in [-0.2, -0.15) is 0 Å². The molecule has 3 heterocycles. The third-order valence-electron chi connectivity index (χ3n) is 8.95. The fraction of sp³-hybridized carbons (Fsp3) is 0.900. The summed E-state index contributed by atoms with van der Waals surface area (Å²) in [6, 6.07) is -0.426. The van der Waals surface area contributed by atoms with Crippen LogP contribution in [0, 0.1) is 22.7 Å². The molecule has 0 aromatic carbocycles. The van der Waals surface area contributed by atoms with E-state index in [-0.39, 0.29) is 24.2 Å². The Morgan fingerprint density at radius 2 is 1.93 bits per heavy atom. The summed E-state index contributed by atoms with van der Waals surface area (Å²) in [7, 11) is -2.72. The molecule has 0 unspecified atom stereocenters. The summed E-state index contributed by atoms with van der Waals surface area (Å²) in [4.78, 5) is 26.6. The van der Waals surface area contributed by atoms with Gasteiger partial charge in [-0.15, -0.1) is 0 Å². The summed E-state index contributed by atoms with van der Waals surface area (Å²) in [5, 5.41) is 10.7. The van der Waals surface area contributed by atoms with Gasteiger partial charge in [-0.25, -0.2) is 17.5 Å². The first kappa shape index (κ1) is 20.7. The van der Waals surface area contributed by atoms with E-state index in [1.54, 1.807) is 6.92 Å². The van der Waals surface area contributed by atoms with E-state index in [0.29, 0.717) is 12.3 Å².